The number of ether oxygens (including phenoxy) is 2. The number of nitrogens with zero attached hydrogens (tertiary/aromatic N) is 2. The summed E-state index contributed by atoms with van der Waals surface area (Å²) in [5, 5.41) is 4.16. The molecule has 132 valence electrons. The molecule has 0 spiro atoms. The first kappa shape index (κ1) is 18.4. The highest BCUT2D eigenvalue weighted by Gasteiger charge is 2.25. The quantitative estimate of drug-likeness (QED) is 0.819. The number of aromatic nitrogens is 2. The van der Waals surface area contributed by atoms with Crippen molar-refractivity contribution >= 4 is 10.0 Å². The van der Waals surface area contributed by atoms with E-state index in [0.717, 1.165) is 5.56 Å². The van der Waals surface area contributed by atoms with Gasteiger partial charge in [0, 0.05) is 26.3 Å². The number of hydrogen-bond donors (Lipinski definition) is 1. The molecule has 0 aliphatic carbocycles. The number of nitrogens with one attached hydrogen (secondary N) is 1. The lowest BCUT2D eigenvalue weighted by molar-refractivity contribution is 0.105. The standard InChI is InChI=1S/C16H23N3O4S/c1-11-16(12(2)19(3)18-11)24(20,21)17-10-15(23-5)13-8-6-7-9-14(13)22-4/h6-9,15,17H,10H2,1-5H3. The van der Waals surface area contributed by atoms with Gasteiger partial charge in [-0.25, -0.2) is 13.1 Å². The molecule has 0 saturated carbocycles. The van der Waals surface area contributed by atoms with Gasteiger partial charge in [0.1, 0.15) is 10.6 Å². The maximum Gasteiger partial charge on any atom is 0.244 e. The Labute approximate surface area is 142 Å². The molecule has 0 amide bonds. The van der Waals surface area contributed by atoms with E-state index < -0.39 is 16.1 Å². The van der Waals surface area contributed by atoms with Crippen LogP contribution in [0.3, 0.4) is 0 Å². The largest absolute Gasteiger partial charge is 0.496 e. The van der Waals surface area contributed by atoms with Crippen molar-refractivity contribution in [3.63, 3.8) is 0 Å². The molecule has 1 heterocycles. The second kappa shape index (κ2) is 7.33. The first-order valence-corrected chi connectivity index (χ1v) is 8.95. The van der Waals surface area contributed by atoms with Gasteiger partial charge in [-0.05, 0) is 19.9 Å². The van der Waals surface area contributed by atoms with Gasteiger partial charge in [-0.2, -0.15) is 5.10 Å². The lowest BCUT2D eigenvalue weighted by atomic mass is 10.1. The van der Waals surface area contributed by atoms with Crippen LogP contribution in [0.2, 0.25) is 0 Å². The van der Waals surface area contributed by atoms with Crippen LogP contribution in [-0.2, 0) is 21.8 Å². The van der Waals surface area contributed by atoms with Crippen molar-refractivity contribution in [3.8, 4) is 5.75 Å². The van der Waals surface area contributed by atoms with E-state index in [-0.39, 0.29) is 11.4 Å². The molecule has 2 rings (SSSR count). The van der Waals surface area contributed by atoms with E-state index in [1.54, 1.807) is 32.7 Å². The Morgan fingerprint density at radius 1 is 1.25 bits per heavy atom. The molecule has 7 nitrogen and oxygen atoms in total. The Kier molecular flexibility index (Phi) is 5.63. The molecule has 0 fully saturated rings. The second-order valence-electron chi connectivity index (χ2n) is 5.44. The summed E-state index contributed by atoms with van der Waals surface area (Å²) in [6, 6.07) is 7.36. The third-order valence-corrected chi connectivity index (χ3v) is 5.62. The zero-order valence-corrected chi connectivity index (χ0v) is 15.3. The van der Waals surface area contributed by atoms with Gasteiger partial charge in [0.25, 0.3) is 0 Å². The Morgan fingerprint density at radius 3 is 2.46 bits per heavy atom. The number of sulfonamides is 1. The Balaban J connectivity index is 2.24. The van der Waals surface area contributed by atoms with Gasteiger partial charge in [-0.15, -0.1) is 0 Å². The van der Waals surface area contributed by atoms with Crippen LogP contribution in [-0.4, -0.2) is 39.0 Å². The van der Waals surface area contributed by atoms with Gasteiger partial charge in [0.05, 0.1) is 24.6 Å². The van der Waals surface area contributed by atoms with Gasteiger partial charge >= 0.3 is 0 Å². The summed E-state index contributed by atoms with van der Waals surface area (Å²) in [6.07, 6.45) is -0.465. The monoisotopic (exact) mass is 353 g/mol. The average molecular weight is 353 g/mol. The molecule has 1 atom stereocenters. The summed E-state index contributed by atoms with van der Waals surface area (Å²) in [4.78, 5) is 0.208. The molecule has 0 aliphatic heterocycles. The molecule has 1 N–H and O–H groups in total. The fraction of sp³-hybridized carbons (Fsp3) is 0.438. The molecule has 0 saturated heterocycles. The predicted octanol–water partition coefficient (Wildman–Crippen LogP) is 1.71. The summed E-state index contributed by atoms with van der Waals surface area (Å²) in [7, 11) is 1.13. The van der Waals surface area contributed by atoms with Crippen LogP contribution < -0.4 is 9.46 Å². The predicted molar refractivity (Wildman–Crippen MR) is 90.6 cm³/mol. The van der Waals surface area contributed by atoms with E-state index in [0.29, 0.717) is 17.1 Å². The molecule has 2 aromatic rings. The number of methoxy groups -OCH3 is 2. The summed E-state index contributed by atoms with van der Waals surface area (Å²) in [5.74, 6) is 0.650. The average Bonchev–Trinajstić information content (AvgIpc) is 2.81. The zero-order valence-electron chi connectivity index (χ0n) is 14.5. The smallest absolute Gasteiger partial charge is 0.244 e. The first-order chi connectivity index (χ1) is 11.3. The lowest BCUT2D eigenvalue weighted by Gasteiger charge is -2.19. The number of rotatable bonds is 7. The highest BCUT2D eigenvalue weighted by molar-refractivity contribution is 7.89. The fourth-order valence-corrected chi connectivity index (χ4v) is 4.12. The second-order valence-corrected chi connectivity index (χ2v) is 7.15. The molecule has 1 aromatic carbocycles. The van der Waals surface area contributed by atoms with Crippen molar-refractivity contribution in [1.29, 1.82) is 0 Å². The van der Waals surface area contributed by atoms with E-state index in [4.69, 9.17) is 9.47 Å². The number of hydrogen-bond acceptors (Lipinski definition) is 5. The van der Waals surface area contributed by atoms with Gasteiger partial charge < -0.3 is 9.47 Å². The molecular weight excluding hydrogens is 330 g/mol. The van der Waals surface area contributed by atoms with E-state index in [9.17, 15) is 8.42 Å². The highest BCUT2D eigenvalue weighted by atomic mass is 32.2. The SMILES string of the molecule is COc1ccccc1C(CNS(=O)(=O)c1c(C)nn(C)c1C)OC. The van der Waals surface area contributed by atoms with Crippen LogP contribution >= 0.6 is 0 Å². The maximum absolute atomic E-state index is 12.6. The highest BCUT2D eigenvalue weighted by Crippen LogP contribution is 2.27. The van der Waals surface area contributed by atoms with E-state index in [1.807, 2.05) is 24.3 Å². The number of benzene rings is 1. The van der Waals surface area contributed by atoms with E-state index >= 15 is 0 Å². The van der Waals surface area contributed by atoms with Crippen LogP contribution in [0.4, 0.5) is 0 Å². The van der Waals surface area contributed by atoms with Crippen molar-refractivity contribution in [3.05, 3.63) is 41.2 Å². The van der Waals surface area contributed by atoms with Gasteiger partial charge in [-0.3, -0.25) is 4.68 Å². The first-order valence-electron chi connectivity index (χ1n) is 7.47. The molecule has 1 aromatic heterocycles. The molecule has 0 radical (unpaired) electrons. The van der Waals surface area contributed by atoms with Crippen LogP contribution in [0, 0.1) is 13.8 Å². The van der Waals surface area contributed by atoms with Crippen LogP contribution in [0.15, 0.2) is 29.2 Å². The Bertz CT molecular complexity index is 815. The minimum atomic E-state index is -3.69. The maximum atomic E-state index is 12.6. The molecule has 0 aliphatic rings. The summed E-state index contributed by atoms with van der Waals surface area (Å²) >= 11 is 0. The van der Waals surface area contributed by atoms with Crippen molar-refractivity contribution in [2.24, 2.45) is 7.05 Å². The fourth-order valence-electron chi connectivity index (χ4n) is 2.65. The lowest BCUT2D eigenvalue weighted by Crippen LogP contribution is -2.30. The van der Waals surface area contributed by atoms with Gasteiger partial charge in [-0.1, -0.05) is 18.2 Å². The molecule has 24 heavy (non-hydrogen) atoms. The molecule has 1 unspecified atom stereocenters. The van der Waals surface area contributed by atoms with Crippen LogP contribution in [0.5, 0.6) is 5.75 Å². The van der Waals surface area contributed by atoms with Crippen molar-refractivity contribution in [1.82, 2.24) is 14.5 Å². The molecule has 8 heteroatoms. The summed E-state index contributed by atoms with van der Waals surface area (Å²) in [6.45, 7) is 3.49. The van der Waals surface area contributed by atoms with Crippen molar-refractivity contribution < 1.29 is 17.9 Å². The molecular formula is C16H23N3O4S. The normalized spacial score (nSPS) is 13.0. The van der Waals surface area contributed by atoms with Gasteiger partial charge in [0.15, 0.2) is 0 Å². The summed E-state index contributed by atoms with van der Waals surface area (Å²) < 4.78 is 40.2. The van der Waals surface area contributed by atoms with E-state index in [2.05, 4.69) is 9.82 Å². The minimum Gasteiger partial charge on any atom is -0.496 e. The number of para-hydroxylation sites is 1. The third-order valence-electron chi connectivity index (χ3n) is 3.94. The van der Waals surface area contributed by atoms with Crippen molar-refractivity contribution in [2.45, 2.75) is 24.8 Å². The third kappa shape index (κ3) is 3.61. The number of aryl methyl sites for hydroxylation is 2. The van der Waals surface area contributed by atoms with Crippen LogP contribution in [0.25, 0.3) is 0 Å². The Hall–Kier alpha value is -1.90. The summed E-state index contributed by atoms with van der Waals surface area (Å²) in [5.41, 5.74) is 1.84. The molecule has 0 bridgehead atoms. The van der Waals surface area contributed by atoms with Gasteiger partial charge in [0.2, 0.25) is 10.0 Å². The Morgan fingerprint density at radius 2 is 1.92 bits per heavy atom. The minimum absolute atomic E-state index is 0.0903. The van der Waals surface area contributed by atoms with E-state index in [1.165, 1.54) is 7.11 Å². The topological polar surface area (TPSA) is 82.5 Å². The van der Waals surface area contributed by atoms with Crippen molar-refractivity contribution in [2.75, 3.05) is 20.8 Å². The van der Waals surface area contributed by atoms with Crippen LogP contribution in [0.1, 0.15) is 23.1 Å². The zero-order chi connectivity index (χ0) is 17.9.